The van der Waals surface area contributed by atoms with E-state index in [4.69, 9.17) is 25.8 Å². The highest BCUT2D eigenvalue weighted by atomic mass is 35.5. The second kappa shape index (κ2) is 13.5. The lowest BCUT2D eigenvalue weighted by Gasteiger charge is -2.35. The van der Waals surface area contributed by atoms with Gasteiger partial charge in [-0.3, -0.25) is 0 Å². The lowest BCUT2D eigenvalue weighted by molar-refractivity contribution is 0.115. The van der Waals surface area contributed by atoms with Crippen LogP contribution in [0, 0.1) is 0 Å². The van der Waals surface area contributed by atoms with E-state index in [1.807, 2.05) is 59.2 Å². The third-order valence-electron chi connectivity index (χ3n) is 8.11. The number of hydrogen-bond donors (Lipinski definition) is 1. The third kappa shape index (κ3) is 6.43. The topological polar surface area (TPSA) is 59.3 Å². The van der Waals surface area contributed by atoms with Gasteiger partial charge in [-0.1, -0.05) is 48.9 Å². The first kappa shape index (κ1) is 29.1. The maximum absolute atomic E-state index is 11.6. The molecule has 1 aliphatic rings. The predicted octanol–water partition coefficient (Wildman–Crippen LogP) is 6.75. The van der Waals surface area contributed by atoms with Crippen LogP contribution < -0.4 is 14.4 Å². The third-order valence-corrected chi connectivity index (χ3v) is 8.48. The molecule has 1 saturated heterocycles. The van der Waals surface area contributed by atoms with Gasteiger partial charge in [-0.05, 0) is 60.8 Å². The van der Waals surface area contributed by atoms with Gasteiger partial charge in [-0.2, -0.15) is 0 Å². The molecule has 1 aromatic heterocycles. The second-order valence-electron chi connectivity index (χ2n) is 10.4. The molecule has 218 valence electrons. The molecule has 0 bridgehead atoms. The molecule has 8 heteroatoms. The average molecular weight is 578 g/mol. The van der Waals surface area contributed by atoms with Gasteiger partial charge in [0.25, 0.3) is 0 Å². The number of ether oxygens (including phenoxy) is 3. The van der Waals surface area contributed by atoms with Gasteiger partial charge < -0.3 is 33.7 Å². The van der Waals surface area contributed by atoms with Crippen molar-refractivity contribution in [2.75, 3.05) is 58.5 Å². The molecule has 0 aliphatic carbocycles. The molecule has 41 heavy (non-hydrogen) atoms. The quantitative estimate of drug-likeness (QED) is 0.188. The van der Waals surface area contributed by atoms with Gasteiger partial charge in [0, 0.05) is 60.5 Å². The highest BCUT2D eigenvalue weighted by molar-refractivity contribution is 6.31. The number of benzene rings is 3. The summed E-state index contributed by atoms with van der Waals surface area (Å²) < 4.78 is 19.1. The molecule has 1 N–H and O–H groups in total. The van der Waals surface area contributed by atoms with Gasteiger partial charge in [0.15, 0.2) is 17.4 Å². The highest BCUT2D eigenvalue weighted by Gasteiger charge is 2.24. The van der Waals surface area contributed by atoms with Crippen LogP contribution in [0.5, 0.6) is 17.4 Å². The Morgan fingerprint density at radius 1 is 0.902 bits per heavy atom. The Bertz CT molecular complexity index is 1450. The van der Waals surface area contributed by atoms with E-state index < -0.39 is 0 Å². The maximum atomic E-state index is 11.6. The molecule has 5 rings (SSSR count). The van der Waals surface area contributed by atoms with Crippen molar-refractivity contribution in [3.8, 4) is 17.4 Å². The van der Waals surface area contributed by atoms with E-state index >= 15 is 0 Å². The van der Waals surface area contributed by atoms with Gasteiger partial charge in [0.2, 0.25) is 0 Å². The highest BCUT2D eigenvalue weighted by Crippen LogP contribution is 2.40. The predicted molar refractivity (Wildman–Crippen MR) is 166 cm³/mol. The Labute approximate surface area is 247 Å². The summed E-state index contributed by atoms with van der Waals surface area (Å²) >= 11 is 6.30. The van der Waals surface area contributed by atoms with Gasteiger partial charge in [-0.25, -0.2) is 0 Å². The first-order valence-corrected chi connectivity index (χ1v) is 14.7. The number of fused-ring (bicyclic) bond motifs is 1. The van der Waals surface area contributed by atoms with Crippen LogP contribution in [0.4, 0.5) is 5.69 Å². The van der Waals surface area contributed by atoms with Crippen LogP contribution >= 0.6 is 11.6 Å². The van der Waals surface area contributed by atoms with Gasteiger partial charge in [-0.15, -0.1) is 0 Å². The monoisotopic (exact) mass is 577 g/mol. The van der Waals surface area contributed by atoms with E-state index in [0.717, 1.165) is 67.5 Å². The van der Waals surface area contributed by atoms with E-state index in [0.29, 0.717) is 29.7 Å². The fourth-order valence-corrected chi connectivity index (χ4v) is 5.93. The molecule has 0 saturated carbocycles. The Balaban J connectivity index is 1.42. The van der Waals surface area contributed by atoms with Crippen molar-refractivity contribution in [2.24, 2.45) is 0 Å². The number of nitrogens with zero attached hydrogens (tertiary/aromatic N) is 3. The SMILES string of the molecule is CCN1CCN(c2cccc3c(O)n([C@H](CCCOCc4ccccc4Cl)c4ccc(OC)c(OC)c4)cc23)CC1. The molecule has 0 amide bonds. The zero-order valence-electron chi connectivity index (χ0n) is 24.2. The summed E-state index contributed by atoms with van der Waals surface area (Å²) in [7, 11) is 3.28. The molecule has 2 heterocycles. The minimum absolute atomic E-state index is 0.129. The van der Waals surface area contributed by atoms with Crippen molar-refractivity contribution in [1.82, 2.24) is 9.47 Å². The number of piperazine rings is 1. The fourth-order valence-electron chi connectivity index (χ4n) is 5.74. The van der Waals surface area contributed by atoms with Crippen LogP contribution in [-0.2, 0) is 11.3 Å². The summed E-state index contributed by atoms with van der Waals surface area (Å²) in [4.78, 5) is 4.91. The summed E-state index contributed by atoms with van der Waals surface area (Å²) in [6.07, 6.45) is 3.67. The van der Waals surface area contributed by atoms with Crippen molar-refractivity contribution >= 4 is 28.1 Å². The number of hydrogen-bond acceptors (Lipinski definition) is 6. The Morgan fingerprint density at radius 3 is 2.41 bits per heavy atom. The molecular formula is C33H40ClN3O4. The van der Waals surface area contributed by atoms with Gasteiger partial charge in [0.05, 0.1) is 26.9 Å². The molecule has 1 aliphatic heterocycles. The van der Waals surface area contributed by atoms with E-state index in [9.17, 15) is 5.11 Å². The van der Waals surface area contributed by atoms with Crippen molar-refractivity contribution in [1.29, 1.82) is 0 Å². The number of aromatic hydroxyl groups is 1. The van der Waals surface area contributed by atoms with Crippen molar-refractivity contribution < 1.29 is 19.3 Å². The first-order valence-electron chi connectivity index (χ1n) is 14.4. The number of methoxy groups -OCH3 is 2. The zero-order chi connectivity index (χ0) is 28.8. The van der Waals surface area contributed by atoms with Crippen LogP contribution in [0.3, 0.4) is 0 Å². The summed E-state index contributed by atoms with van der Waals surface area (Å²) in [6, 6.07) is 19.8. The standard InChI is InChI=1S/C33H40ClN3O4/c1-4-35-16-18-36(19-17-35)30-12-7-10-26-27(30)22-37(33(26)38)29(24-14-15-31(39-2)32(21-24)40-3)13-8-20-41-23-25-9-5-6-11-28(25)34/h5-7,9-12,14-15,21-22,29,38H,4,8,13,16-20,23H2,1-3H3/t29-/m1/s1. The van der Waals surface area contributed by atoms with Crippen LogP contribution in [0.25, 0.3) is 10.8 Å². The minimum atomic E-state index is -0.129. The number of likely N-dealkylation sites (N-methyl/N-ethyl adjacent to an activating group) is 1. The Kier molecular flexibility index (Phi) is 9.60. The lowest BCUT2D eigenvalue weighted by atomic mass is 10.0. The molecule has 0 spiro atoms. The molecule has 3 aromatic carbocycles. The average Bonchev–Trinajstić information content (AvgIpc) is 3.35. The molecule has 0 unspecified atom stereocenters. The second-order valence-corrected chi connectivity index (χ2v) is 10.8. The minimum Gasteiger partial charge on any atom is -0.494 e. The summed E-state index contributed by atoms with van der Waals surface area (Å²) in [5.74, 6) is 1.61. The van der Waals surface area contributed by atoms with Crippen molar-refractivity contribution in [2.45, 2.75) is 32.4 Å². The number of anilines is 1. The Morgan fingerprint density at radius 2 is 1.68 bits per heavy atom. The molecule has 4 aromatic rings. The fraction of sp³-hybridized carbons (Fsp3) is 0.394. The number of halogens is 1. The largest absolute Gasteiger partial charge is 0.494 e. The van der Waals surface area contributed by atoms with Crippen LogP contribution in [0.2, 0.25) is 5.02 Å². The molecular weight excluding hydrogens is 538 g/mol. The van der Waals surface area contributed by atoms with Gasteiger partial charge in [0.1, 0.15) is 0 Å². The van der Waals surface area contributed by atoms with E-state index in [-0.39, 0.29) is 11.9 Å². The van der Waals surface area contributed by atoms with E-state index in [2.05, 4.69) is 29.0 Å². The first-order chi connectivity index (χ1) is 20.0. The van der Waals surface area contributed by atoms with Crippen LogP contribution in [0.15, 0.2) is 66.9 Å². The summed E-state index contributed by atoms with van der Waals surface area (Å²) in [5, 5.41) is 14.2. The van der Waals surface area contributed by atoms with E-state index in [1.165, 1.54) is 5.69 Å². The summed E-state index contributed by atoms with van der Waals surface area (Å²) in [5.41, 5.74) is 3.18. The van der Waals surface area contributed by atoms with Crippen LogP contribution in [0.1, 0.15) is 36.9 Å². The molecule has 1 fully saturated rings. The molecule has 1 atom stereocenters. The zero-order valence-corrected chi connectivity index (χ0v) is 24.9. The molecule has 0 radical (unpaired) electrons. The van der Waals surface area contributed by atoms with Gasteiger partial charge >= 0.3 is 0 Å². The summed E-state index contributed by atoms with van der Waals surface area (Å²) in [6.45, 7) is 8.36. The maximum Gasteiger partial charge on any atom is 0.199 e. The van der Waals surface area contributed by atoms with Crippen LogP contribution in [-0.4, -0.2) is 68.1 Å². The number of rotatable bonds is 12. The van der Waals surface area contributed by atoms with Crippen molar-refractivity contribution in [3.05, 3.63) is 83.0 Å². The number of aromatic nitrogens is 1. The lowest BCUT2D eigenvalue weighted by Crippen LogP contribution is -2.46. The smallest absolute Gasteiger partial charge is 0.199 e. The Hall–Kier alpha value is -3.39. The molecule has 7 nitrogen and oxygen atoms in total. The van der Waals surface area contributed by atoms with Crippen molar-refractivity contribution in [3.63, 3.8) is 0 Å². The normalized spacial score (nSPS) is 14.9. The van der Waals surface area contributed by atoms with E-state index in [1.54, 1.807) is 14.2 Å².